The topological polar surface area (TPSA) is 132 Å². The molecule has 0 amide bonds. The van der Waals surface area contributed by atoms with E-state index < -0.39 is 48.2 Å². The SMILES string of the molecule is C[C@H](O)/C=C/[C@@]12O[C@]1(C)C[C@@H](OC1OC(CO)CC(O)(O)C1O)CC2(C)C. The van der Waals surface area contributed by atoms with E-state index in [1.807, 2.05) is 13.0 Å². The van der Waals surface area contributed by atoms with E-state index in [0.29, 0.717) is 12.8 Å². The fourth-order valence-electron chi connectivity index (χ4n) is 4.80. The predicted molar refractivity (Wildman–Crippen MR) is 94.5 cm³/mol. The lowest BCUT2D eigenvalue weighted by Gasteiger charge is -2.45. The normalized spacial score (nSPS) is 46.9. The monoisotopic (exact) mass is 388 g/mol. The highest BCUT2D eigenvalue weighted by Crippen LogP contribution is 2.66. The molecule has 7 atom stereocenters. The maximum Gasteiger partial charge on any atom is 0.197 e. The fraction of sp³-hybridized carbons (Fsp3) is 0.895. The summed E-state index contributed by atoms with van der Waals surface area (Å²) >= 11 is 0. The average molecular weight is 388 g/mol. The van der Waals surface area contributed by atoms with Crippen LogP contribution in [-0.2, 0) is 14.2 Å². The van der Waals surface area contributed by atoms with Crippen LogP contribution in [0.15, 0.2) is 12.2 Å². The quantitative estimate of drug-likeness (QED) is 0.249. The van der Waals surface area contributed by atoms with Gasteiger partial charge in [0.15, 0.2) is 18.2 Å². The number of fused-ring (bicyclic) bond motifs is 1. The summed E-state index contributed by atoms with van der Waals surface area (Å²) in [7, 11) is 0. The summed E-state index contributed by atoms with van der Waals surface area (Å²) in [6.07, 6.45) is -0.163. The molecule has 0 bridgehead atoms. The van der Waals surface area contributed by atoms with Gasteiger partial charge >= 0.3 is 0 Å². The molecular formula is C19H32O8. The van der Waals surface area contributed by atoms with Gasteiger partial charge in [0.05, 0.1) is 24.9 Å². The van der Waals surface area contributed by atoms with Crippen molar-refractivity contribution in [2.24, 2.45) is 5.41 Å². The number of epoxide rings is 1. The summed E-state index contributed by atoms with van der Waals surface area (Å²) in [5.74, 6) is -2.38. The molecule has 0 spiro atoms. The Labute approximate surface area is 159 Å². The highest BCUT2D eigenvalue weighted by atomic mass is 16.7. The van der Waals surface area contributed by atoms with Crippen LogP contribution in [0.1, 0.15) is 47.0 Å². The van der Waals surface area contributed by atoms with Gasteiger partial charge in [0.1, 0.15) is 11.2 Å². The lowest BCUT2D eigenvalue weighted by Crippen LogP contribution is -2.60. The van der Waals surface area contributed by atoms with Crippen molar-refractivity contribution in [3.05, 3.63) is 12.2 Å². The third kappa shape index (κ3) is 3.58. The van der Waals surface area contributed by atoms with E-state index in [0.717, 1.165) is 0 Å². The van der Waals surface area contributed by atoms with Crippen molar-refractivity contribution in [1.29, 1.82) is 0 Å². The third-order valence-corrected chi connectivity index (χ3v) is 6.22. The molecule has 0 aromatic carbocycles. The molecule has 2 aliphatic heterocycles. The van der Waals surface area contributed by atoms with Gasteiger partial charge in [-0.05, 0) is 20.3 Å². The van der Waals surface area contributed by atoms with E-state index in [1.54, 1.807) is 13.0 Å². The molecule has 156 valence electrons. The van der Waals surface area contributed by atoms with Gasteiger partial charge in [-0.25, -0.2) is 0 Å². The molecule has 8 nitrogen and oxygen atoms in total. The minimum absolute atomic E-state index is 0.297. The Morgan fingerprint density at radius 2 is 1.85 bits per heavy atom. The first-order chi connectivity index (χ1) is 12.4. The van der Waals surface area contributed by atoms with Crippen molar-refractivity contribution < 1.29 is 39.7 Å². The Balaban J connectivity index is 1.74. The van der Waals surface area contributed by atoms with E-state index in [9.17, 15) is 25.5 Å². The van der Waals surface area contributed by atoms with Gasteiger partial charge in [-0.3, -0.25) is 0 Å². The third-order valence-electron chi connectivity index (χ3n) is 6.22. The molecule has 1 saturated carbocycles. The molecule has 8 heteroatoms. The van der Waals surface area contributed by atoms with Gasteiger partial charge in [0, 0.05) is 18.3 Å². The Morgan fingerprint density at radius 3 is 2.41 bits per heavy atom. The summed E-state index contributed by atoms with van der Waals surface area (Å²) in [6, 6.07) is 0. The molecule has 0 aromatic heterocycles. The smallest absolute Gasteiger partial charge is 0.197 e. The van der Waals surface area contributed by atoms with Crippen LogP contribution in [0.5, 0.6) is 0 Å². The molecule has 3 rings (SSSR count). The van der Waals surface area contributed by atoms with Crippen molar-refractivity contribution >= 4 is 0 Å². The molecule has 0 radical (unpaired) electrons. The standard InChI is InChI=1S/C19H32O8/c1-11(21)5-6-19-16(2,3)7-12(8-17(19,4)27-19)25-15-14(22)18(23,24)9-13(10-20)26-15/h5-6,11-15,20-24H,7-10H2,1-4H3/b6-5+/t11-,12-,13?,14?,15?,17+,19-/m0/s1. The summed E-state index contributed by atoms with van der Waals surface area (Å²) < 4.78 is 17.6. The van der Waals surface area contributed by atoms with Gasteiger partial charge in [-0.2, -0.15) is 0 Å². The molecule has 3 fully saturated rings. The minimum atomic E-state index is -2.38. The molecule has 1 aliphatic carbocycles. The van der Waals surface area contributed by atoms with E-state index >= 15 is 0 Å². The van der Waals surface area contributed by atoms with E-state index in [4.69, 9.17) is 14.2 Å². The highest BCUT2D eigenvalue weighted by Gasteiger charge is 2.75. The molecule has 3 aliphatic rings. The molecule has 2 saturated heterocycles. The Kier molecular flexibility index (Phi) is 5.28. The summed E-state index contributed by atoms with van der Waals surface area (Å²) in [5.41, 5.74) is -1.31. The van der Waals surface area contributed by atoms with E-state index in [1.165, 1.54) is 0 Å². The summed E-state index contributed by atoms with van der Waals surface area (Å²) in [6.45, 7) is 7.37. The van der Waals surface area contributed by atoms with Gasteiger partial charge < -0.3 is 39.7 Å². The lowest BCUT2D eigenvalue weighted by atomic mass is 9.63. The van der Waals surface area contributed by atoms with Crippen LogP contribution in [0.2, 0.25) is 0 Å². The molecule has 5 N–H and O–H groups in total. The molecule has 3 unspecified atom stereocenters. The maximum absolute atomic E-state index is 10.2. The van der Waals surface area contributed by atoms with Crippen molar-refractivity contribution in [2.45, 2.75) is 94.7 Å². The summed E-state index contributed by atoms with van der Waals surface area (Å²) in [5, 5.41) is 49.1. The van der Waals surface area contributed by atoms with Crippen LogP contribution in [0.25, 0.3) is 0 Å². The summed E-state index contributed by atoms with van der Waals surface area (Å²) in [4.78, 5) is 0. The molecule has 0 aromatic rings. The lowest BCUT2D eigenvalue weighted by molar-refractivity contribution is -0.361. The number of rotatable bonds is 5. The van der Waals surface area contributed by atoms with Crippen molar-refractivity contribution in [3.63, 3.8) is 0 Å². The van der Waals surface area contributed by atoms with Crippen LogP contribution < -0.4 is 0 Å². The van der Waals surface area contributed by atoms with Crippen LogP contribution in [0.4, 0.5) is 0 Å². The largest absolute Gasteiger partial charge is 0.394 e. The Morgan fingerprint density at radius 1 is 1.19 bits per heavy atom. The predicted octanol–water partition coefficient (Wildman–Crippen LogP) is -0.195. The first-order valence-electron chi connectivity index (χ1n) is 9.48. The number of hydrogen-bond acceptors (Lipinski definition) is 8. The first-order valence-corrected chi connectivity index (χ1v) is 9.48. The zero-order valence-corrected chi connectivity index (χ0v) is 16.3. The second-order valence-electron chi connectivity index (χ2n) is 9.06. The first kappa shape index (κ1) is 21.1. The average Bonchev–Trinajstić information content (AvgIpc) is 3.16. The molecule has 2 heterocycles. The zero-order valence-electron chi connectivity index (χ0n) is 16.3. The van der Waals surface area contributed by atoms with Crippen LogP contribution in [0, 0.1) is 5.41 Å². The van der Waals surface area contributed by atoms with Crippen molar-refractivity contribution in [1.82, 2.24) is 0 Å². The number of aliphatic hydroxyl groups excluding tert-OH is 3. The highest BCUT2D eigenvalue weighted by molar-refractivity contribution is 5.32. The minimum Gasteiger partial charge on any atom is -0.394 e. The van der Waals surface area contributed by atoms with E-state index in [2.05, 4.69) is 13.8 Å². The number of hydrogen-bond donors (Lipinski definition) is 5. The number of aliphatic hydroxyl groups is 5. The van der Waals surface area contributed by atoms with Gasteiger partial charge in [0.25, 0.3) is 0 Å². The van der Waals surface area contributed by atoms with Gasteiger partial charge in [-0.15, -0.1) is 0 Å². The van der Waals surface area contributed by atoms with Crippen LogP contribution in [-0.4, -0.2) is 79.8 Å². The Hall–Kier alpha value is -0.580. The second-order valence-corrected chi connectivity index (χ2v) is 9.06. The van der Waals surface area contributed by atoms with Crippen molar-refractivity contribution in [2.75, 3.05) is 6.61 Å². The fourth-order valence-corrected chi connectivity index (χ4v) is 4.80. The van der Waals surface area contributed by atoms with Crippen LogP contribution in [0.3, 0.4) is 0 Å². The van der Waals surface area contributed by atoms with Gasteiger partial charge in [-0.1, -0.05) is 26.0 Å². The molecular weight excluding hydrogens is 356 g/mol. The van der Waals surface area contributed by atoms with Crippen molar-refractivity contribution in [3.8, 4) is 0 Å². The maximum atomic E-state index is 10.2. The van der Waals surface area contributed by atoms with E-state index in [-0.39, 0.29) is 17.9 Å². The zero-order chi connectivity index (χ0) is 20.3. The second kappa shape index (κ2) is 6.74. The van der Waals surface area contributed by atoms with Gasteiger partial charge in [0.2, 0.25) is 0 Å². The van der Waals surface area contributed by atoms with Crippen LogP contribution >= 0.6 is 0 Å². The Bertz CT molecular complexity index is 588. The molecule has 27 heavy (non-hydrogen) atoms. The number of ether oxygens (including phenoxy) is 3.